The third kappa shape index (κ3) is 2.08. The number of Topliss-reactive ketones (excluding diaryl/α,β-unsaturated/α-hetero) is 1. The summed E-state index contributed by atoms with van der Waals surface area (Å²) in [6.45, 7) is 2.54. The molecule has 2 N–H and O–H groups in total. The van der Waals surface area contributed by atoms with Crippen LogP contribution in [0.2, 0.25) is 0 Å². The molecule has 0 aliphatic carbocycles. The summed E-state index contributed by atoms with van der Waals surface area (Å²) in [4.78, 5) is 11.4. The van der Waals surface area contributed by atoms with Gasteiger partial charge in [-0.3, -0.25) is 4.79 Å². The highest BCUT2D eigenvalue weighted by molar-refractivity contribution is 5.97. The van der Waals surface area contributed by atoms with Crippen LogP contribution in [-0.2, 0) is 9.53 Å². The summed E-state index contributed by atoms with van der Waals surface area (Å²) in [5, 5.41) is 0. The Balaban J connectivity index is 2.56. The van der Waals surface area contributed by atoms with E-state index in [0.717, 1.165) is 12.8 Å². The minimum atomic E-state index is -0.394. The molecule has 1 rings (SSSR count). The van der Waals surface area contributed by atoms with Gasteiger partial charge in [-0.15, -0.1) is 0 Å². The van der Waals surface area contributed by atoms with Crippen molar-refractivity contribution in [3.05, 3.63) is 11.8 Å². The van der Waals surface area contributed by atoms with Crippen LogP contribution in [0.4, 0.5) is 0 Å². The first kappa shape index (κ1) is 9.26. The molecule has 1 atom stereocenters. The van der Waals surface area contributed by atoms with Crippen LogP contribution in [-0.4, -0.2) is 18.4 Å². The molecule has 3 heteroatoms. The van der Waals surface area contributed by atoms with Crippen LogP contribution in [0, 0.1) is 0 Å². The van der Waals surface area contributed by atoms with Gasteiger partial charge in [0.05, 0.1) is 12.6 Å². The van der Waals surface area contributed by atoms with E-state index >= 15 is 0 Å². The van der Waals surface area contributed by atoms with Crippen LogP contribution >= 0.6 is 0 Å². The van der Waals surface area contributed by atoms with Gasteiger partial charge in [0.15, 0.2) is 5.76 Å². The van der Waals surface area contributed by atoms with E-state index in [4.69, 9.17) is 10.5 Å². The Bertz CT molecular complexity index is 199. The number of hydrogen-bond acceptors (Lipinski definition) is 3. The van der Waals surface area contributed by atoms with Gasteiger partial charge in [-0.05, 0) is 25.3 Å². The van der Waals surface area contributed by atoms with Gasteiger partial charge in [-0.1, -0.05) is 6.92 Å². The normalized spacial score (nSPS) is 19.3. The smallest absolute Gasteiger partial charge is 0.213 e. The maximum atomic E-state index is 11.4. The minimum absolute atomic E-state index is 0.0581. The fraction of sp³-hybridized carbons (Fsp3) is 0.667. The number of rotatable bonds is 3. The molecular weight excluding hydrogens is 154 g/mol. The van der Waals surface area contributed by atoms with Crippen molar-refractivity contribution in [3.63, 3.8) is 0 Å². The van der Waals surface area contributed by atoms with Crippen LogP contribution in [0.15, 0.2) is 11.8 Å². The topological polar surface area (TPSA) is 52.3 Å². The van der Waals surface area contributed by atoms with Crippen LogP contribution in [0.5, 0.6) is 0 Å². The molecule has 0 radical (unpaired) electrons. The van der Waals surface area contributed by atoms with Gasteiger partial charge in [0.1, 0.15) is 0 Å². The van der Waals surface area contributed by atoms with Gasteiger partial charge >= 0.3 is 0 Å². The molecule has 0 aromatic carbocycles. The minimum Gasteiger partial charge on any atom is -0.490 e. The lowest BCUT2D eigenvalue weighted by atomic mass is 10.1. The van der Waals surface area contributed by atoms with E-state index in [9.17, 15) is 4.79 Å². The Hall–Kier alpha value is -0.830. The Kier molecular flexibility index (Phi) is 3.29. The SMILES string of the molecule is CCC(N)C(=O)C1=CCCCO1. The highest BCUT2D eigenvalue weighted by atomic mass is 16.5. The molecule has 12 heavy (non-hydrogen) atoms. The summed E-state index contributed by atoms with van der Waals surface area (Å²) in [6.07, 6.45) is 4.43. The summed E-state index contributed by atoms with van der Waals surface area (Å²) in [6, 6.07) is -0.394. The molecule has 3 nitrogen and oxygen atoms in total. The molecule has 0 fully saturated rings. The van der Waals surface area contributed by atoms with Crippen molar-refractivity contribution in [3.8, 4) is 0 Å². The van der Waals surface area contributed by atoms with Gasteiger partial charge < -0.3 is 10.5 Å². The van der Waals surface area contributed by atoms with Gasteiger partial charge in [0.25, 0.3) is 0 Å². The Morgan fingerprint density at radius 3 is 3.08 bits per heavy atom. The second-order valence-corrected chi connectivity index (χ2v) is 2.94. The summed E-state index contributed by atoms with van der Waals surface area (Å²) in [5.74, 6) is 0.410. The molecule has 1 heterocycles. The fourth-order valence-corrected chi connectivity index (χ4v) is 1.10. The Morgan fingerprint density at radius 2 is 2.58 bits per heavy atom. The van der Waals surface area contributed by atoms with E-state index in [1.54, 1.807) is 0 Å². The van der Waals surface area contributed by atoms with E-state index < -0.39 is 6.04 Å². The van der Waals surface area contributed by atoms with Crippen LogP contribution < -0.4 is 5.73 Å². The van der Waals surface area contributed by atoms with E-state index in [1.165, 1.54) is 0 Å². The summed E-state index contributed by atoms with van der Waals surface area (Å²) >= 11 is 0. The van der Waals surface area contributed by atoms with Gasteiger partial charge in [-0.2, -0.15) is 0 Å². The molecule has 0 saturated carbocycles. The molecule has 0 saturated heterocycles. The number of nitrogens with two attached hydrogens (primary N) is 1. The number of ketones is 1. The molecule has 0 spiro atoms. The van der Waals surface area contributed by atoms with E-state index in [0.29, 0.717) is 18.8 Å². The first-order valence-electron chi connectivity index (χ1n) is 4.38. The average molecular weight is 169 g/mol. The van der Waals surface area contributed by atoms with Crippen LogP contribution in [0.25, 0.3) is 0 Å². The van der Waals surface area contributed by atoms with E-state index in [2.05, 4.69) is 0 Å². The van der Waals surface area contributed by atoms with Crippen molar-refractivity contribution in [1.82, 2.24) is 0 Å². The number of carbonyl (C=O) groups is 1. The lowest BCUT2D eigenvalue weighted by molar-refractivity contribution is -0.120. The average Bonchev–Trinajstić information content (AvgIpc) is 2.17. The lowest BCUT2D eigenvalue weighted by Crippen LogP contribution is -2.32. The van der Waals surface area contributed by atoms with E-state index in [1.807, 2.05) is 13.0 Å². The molecule has 68 valence electrons. The zero-order valence-corrected chi connectivity index (χ0v) is 7.38. The monoisotopic (exact) mass is 169 g/mol. The summed E-state index contributed by atoms with van der Waals surface area (Å²) in [7, 11) is 0. The van der Waals surface area contributed by atoms with Crippen molar-refractivity contribution >= 4 is 5.78 Å². The Labute approximate surface area is 72.6 Å². The molecule has 1 unspecified atom stereocenters. The molecule has 0 aromatic heterocycles. The predicted octanol–water partition coefficient (Wildman–Crippen LogP) is 0.987. The number of hydrogen-bond donors (Lipinski definition) is 1. The molecule has 0 bridgehead atoms. The third-order valence-electron chi connectivity index (χ3n) is 1.96. The maximum Gasteiger partial charge on any atom is 0.213 e. The maximum absolute atomic E-state index is 11.4. The van der Waals surface area contributed by atoms with Crippen molar-refractivity contribution in [1.29, 1.82) is 0 Å². The number of ether oxygens (including phenoxy) is 1. The van der Waals surface area contributed by atoms with Crippen LogP contribution in [0.3, 0.4) is 0 Å². The molecule has 1 aliphatic heterocycles. The van der Waals surface area contributed by atoms with Gasteiger partial charge in [0.2, 0.25) is 5.78 Å². The first-order chi connectivity index (χ1) is 5.75. The fourth-order valence-electron chi connectivity index (χ4n) is 1.10. The molecule has 0 aromatic rings. The standard InChI is InChI=1S/C9H15NO2/c1-2-7(10)9(11)8-5-3-4-6-12-8/h5,7H,2-4,6,10H2,1H3. The van der Waals surface area contributed by atoms with Gasteiger partial charge in [0, 0.05) is 0 Å². The van der Waals surface area contributed by atoms with Gasteiger partial charge in [-0.25, -0.2) is 0 Å². The zero-order chi connectivity index (χ0) is 8.97. The Morgan fingerprint density at radius 1 is 1.83 bits per heavy atom. The third-order valence-corrected chi connectivity index (χ3v) is 1.96. The van der Waals surface area contributed by atoms with Crippen molar-refractivity contribution < 1.29 is 9.53 Å². The summed E-state index contributed by atoms with van der Waals surface area (Å²) in [5.41, 5.74) is 5.58. The number of carbonyl (C=O) groups excluding carboxylic acids is 1. The largest absolute Gasteiger partial charge is 0.490 e. The lowest BCUT2D eigenvalue weighted by Gasteiger charge is -2.16. The highest BCUT2D eigenvalue weighted by Gasteiger charge is 2.19. The molecule has 1 aliphatic rings. The summed E-state index contributed by atoms with van der Waals surface area (Å²) < 4.78 is 5.19. The first-order valence-corrected chi connectivity index (χ1v) is 4.38. The quantitative estimate of drug-likeness (QED) is 0.685. The van der Waals surface area contributed by atoms with E-state index in [-0.39, 0.29) is 5.78 Å². The van der Waals surface area contributed by atoms with Crippen LogP contribution in [0.1, 0.15) is 26.2 Å². The zero-order valence-electron chi connectivity index (χ0n) is 7.38. The molecular formula is C9H15NO2. The predicted molar refractivity (Wildman–Crippen MR) is 46.5 cm³/mol. The molecule has 0 amide bonds. The van der Waals surface area contributed by atoms with Crippen molar-refractivity contribution in [2.45, 2.75) is 32.2 Å². The number of allylic oxidation sites excluding steroid dienone is 1. The highest BCUT2D eigenvalue weighted by Crippen LogP contribution is 2.12. The van der Waals surface area contributed by atoms with Crippen molar-refractivity contribution in [2.75, 3.05) is 6.61 Å². The second-order valence-electron chi connectivity index (χ2n) is 2.94. The van der Waals surface area contributed by atoms with Crippen molar-refractivity contribution in [2.24, 2.45) is 5.73 Å². The second kappa shape index (κ2) is 4.26.